The van der Waals surface area contributed by atoms with Crippen LogP contribution in [0.1, 0.15) is 18.4 Å². The number of nitrogens with zero attached hydrogens (tertiary/aromatic N) is 1. The summed E-state index contributed by atoms with van der Waals surface area (Å²) in [6.07, 6.45) is 0.919. The Morgan fingerprint density at radius 3 is 2.65 bits per heavy atom. The van der Waals surface area contributed by atoms with E-state index in [1.165, 1.54) is 18.2 Å². The largest absolute Gasteiger partial charge is 0.242 e. The second kappa shape index (κ2) is 5.52. The number of hydrogen-bond acceptors (Lipinski definition) is 5. The van der Waals surface area contributed by atoms with Crippen molar-refractivity contribution < 1.29 is 16.8 Å². The Bertz CT molecular complexity index is 748. The standard InChI is InChI=1S/C12H14N2O4S2/c13-8-10-4-1-2-6-12(10)20(17,18)14-11-5-3-7-19(15,16)9-11/h1-2,4,6,11,14H,3,5,7,9H2. The number of sulfone groups is 1. The van der Waals surface area contributed by atoms with Crippen LogP contribution in [0.4, 0.5) is 0 Å². The molecular formula is C12H14N2O4S2. The van der Waals surface area contributed by atoms with Gasteiger partial charge in [-0.05, 0) is 25.0 Å². The lowest BCUT2D eigenvalue weighted by molar-refractivity contribution is 0.517. The van der Waals surface area contributed by atoms with Crippen molar-refractivity contribution in [2.75, 3.05) is 11.5 Å². The van der Waals surface area contributed by atoms with Gasteiger partial charge in [0.05, 0.1) is 22.0 Å². The number of sulfonamides is 1. The second-order valence-electron chi connectivity index (χ2n) is 4.68. The average molecular weight is 314 g/mol. The monoisotopic (exact) mass is 314 g/mol. The van der Waals surface area contributed by atoms with Crippen molar-refractivity contribution in [3.05, 3.63) is 29.8 Å². The molecule has 0 aromatic heterocycles. The molecule has 6 nitrogen and oxygen atoms in total. The summed E-state index contributed by atoms with van der Waals surface area (Å²) in [7, 11) is -7.08. The van der Waals surface area contributed by atoms with Crippen LogP contribution >= 0.6 is 0 Å². The Kier molecular flexibility index (Phi) is 4.13. The van der Waals surface area contributed by atoms with E-state index in [2.05, 4.69) is 4.72 Å². The quantitative estimate of drug-likeness (QED) is 0.870. The Hall–Kier alpha value is -1.43. The van der Waals surface area contributed by atoms with E-state index in [1.54, 1.807) is 6.07 Å². The Morgan fingerprint density at radius 2 is 2.00 bits per heavy atom. The molecule has 1 N–H and O–H groups in total. The summed E-state index contributed by atoms with van der Waals surface area (Å²) in [6.45, 7) is 0. The molecule has 0 spiro atoms. The molecule has 108 valence electrons. The molecule has 0 amide bonds. The number of hydrogen-bond donors (Lipinski definition) is 1. The molecule has 20 heavy (non-hydrogen) atoms. The van der Waals surface area contributed by atoms with E-state index < -0.39 is 25.9 Å². The number of nitrogens with one attached hydrogen (secondary N) is 1. The highest BCUT2D eigenvalue weighted by atomic mass is 32.2. The number of benzene rings is 1. The van der Waals surface area contributed by atoms with Crippen LogP contribution in [0.15, 0.2) is 29.2 Å². The van der Waals surface area contributed by atoms with E-state index in [1.807, 2.05) is 6.07 Å². The van der Waals surface area contributed by atoms with Crippen LogP contribution in [0.5, 0.6) is 0 Å². The highest BCUT2D eigenvalue weighted by Crippen LogP contribution is 2.18. The van der Waals surface area contributed by atoms with Gasteiger partial charge in [0, 0.05) is 6.04 Å². The Balaban J connectivity index is 2.26. The van der Waals surface area contributed by atoms with Crippen LogP contribution < -0.4 is 4.72 Å². The topological polar surface area (TPSA) is 104 Å². The molecule has 8 heteroatoms. The van der Waals surface area contributed by atoms with Crippen molar-refractivity contribution in [2.45, 2.75) is 23.8 Å². The molecule has 2 rings (SSSR count). The van der Waals surface area contributed by atoms with Gasteiger partial charge in [-0.2, -0.15) is 5.26 Å². The SMILES string of the molecule is N#Cc1ccccc1S(=O)(=O)NC1CCCS(=O)(=O)C1. The van der Waals surface area contributed by atoms with E-state index in [-0.39, 0.29) is 22.0 Å². The van der Waals surface area contributed by atoms with Gasteiger partial charge in [0.15, 0.2) is 9.84 Å². The molecule has 0 bridgehead atoms. The van der Waals surface area contributed by atoms with Gasteiger partial charge < -0.3 is 0 Å². The van der Waals surface area contributed by atoms with Crippen LogP contribution in [0.25, 0.3) is 0 Å². The van der Waals surface area contributed by atoms with Crippen molar-refractivity contribution in [1.29, 1.82) is 5.26 Å². The molecule has 1 saturated heterocycles. The highest BCUT2D eigenvalue weighted by Gasteiger charge is 2.29. The summed E-state index contributed by atoms with van der Waals surface area (Å²) in [5.74, 6) is -0.0963. The maximum atomic E-state index is 12.2. The molecule has 0 aliphatic carbocycles. The van der Waals surface area contributed by atoms with E-state index in [9.17, 15) is 16.8 Å². The maximum Gasteiger partial charge on any atom is 0.242 e. The van der Waals surface area contributed by atoms with Crippen LogP contribution in [0, 0.1) is 11.3 Å². The van der Waals surface area contributed by atoms with Crippen LogP contribution in [-0.4, -0.2) is 34.4 Å². The van der Waals surface area contributed by atoms with Crippen LogP contribution in [0.3, 0.4) is 0 Å². The summed E-state index contributed by atoms with van der Waals surface area (Å²) < 4.78 is 49.9. The fourth-order valence-electron chi connectivity index (χ4n) is 2.19. The summed E-state index contributed by atoms with van der Waals surface area (Å²) in [5.41, 5.74) is 0.0404. The fraction of sp³-hybridized carbons (Fsp3) is 0.417. The van der Waals surface area contributed by atoms with Crippen molar-refractivity contribution in [2.24, 2.45) is 0 Å². The molecule has 1 aliphatic rings. The second-order valence-corrected chi connectivity index (χ2v) is 8.59. The molecule has 1 fully saturated rings. The van der Waals surface area contributed by atoms with Gasteiger partial charge in [0.1, 0.15) is 6.07 Å². The summed E-state index contributed by atoms with van der Waals surface area (Å²) in [4.78, 5) is -0.120. The summed E-state index contributed by atoms with van der Waals surface area (Å²) in [5, 5.41) is 8.93. The zero-order chi connectivity index (χ0) is 14.8. The lowest BCUT2D eigenvalue weighted by Crippen LogP contribution is -2.43. The van der Waals surface area contributed by atoms with Gasteiger partial charge in [-0.1, -0.05) is 12.1 Å². The first-order valence-electron chi connectivity index (χ1n) is 6.06. The smallest absolute Gasteiger partial charge is 0.229 e. The minimum Gasteiger partial charge on any atom is -0.229 e. The fourth-order valence-corrected chi connectivity index (χ4v) is 5.36. The van der Waals surface area contributed by atoms with Crippen molar-refractivity contribution in [3.8, 4) is 6.07 Å². The van der Waals surface area contributed by atoms with Gasteiger partial charge in [-0.3, -0.25) is 0 Å². The predicted octanol–water partition coefficient (Wildman–Crippen LogP) is 0.414. The zero-order valence-corrected chi connectivity index (χ0v) is 12.2. The van der Waals surface area contributed by atoms with Gasteiger partial charge in [-0.15, -0.1) is 0 Å². The molecule has 1 atom stereocenters. The van der Waals surface area contributed by atoms with Crippen LogP contribution in [0.2, 0.25) is 0 Å². The first-order valence-corrected chi connectivity index (χ1v) is 9.36. The highest BCUT2D eigenvalue weighted by molar-refractivity contribution is 7.91. The summed E-state index contributed by atoms with van der Waals surface area (Å²) in [6, 6.07) is 7.02. The first kappa shape index (κ1) is 15.0. The third-order valence-electron chi connectivity index (χ3n) is 3.08. The van der Waals surface area contributed by atoms with Gasteiger partial charge in [-0.25, -0.2) is 21.6 Å². The van der Waals surface area contributed by atoms with E-state index in [4.69, 9.17) is 5.26 Å². The molecular weight excluding hydrogens is 300 g/mol. The zero-order valence-electron chi connectivity index (χ0n) is 10.6. The average Bonchev–Trinajstić information content (AvgIpc) is 2.37. The number of nitriles is 1. The van der Waals surface area contributed by atoms with E-state index in [0.29, 0.717) is 12.8 Å². The summed E-state index contributed by atoms with van der Waals surface area (Å²) >= 11 is 0. The van der Waals surface area contributed by atoms with Crippen LogP contribution in [-0.2, 0) is 19.9 Å². The number of rotatable bonds is 3. The Labute approximate surface area is 118 Å². The normalized spacial score (nSPS) is 22.1. The first-order chi connectivity index (χ1) is 9.34. The molecule has 1 aromatic rings. The minimum atomic E-state index is -3.89. The third kappa shape index (κ3) is 3.36. The molecule has 1 heterocycles. The Morgan fingerprint density at radius 1 is 1.30 bits per heavy atom. The van der Waals surface area contributed by atoms with Crippen molar-refractivity contribution in [3.63, 3.8) is 0 Å². The minimum absolute atomic E-state index is 0.0404. The van der Waals surface area contributed by atoms with Crippen molar-refractivity contribution in [1.82, 2.24) is 4.72 Å². The van der Waals surface area contributed by atoms with Gasteiger partial charge >= 0.3 is 0 Å². The van der Waals surface area contributed by atoms with Gasteiger partial charge in [0.2, 0.25) is 10.0 Å². The lowest BCUT2D eigenvalue weighted by atomic mass is 10.2. The predicted molar refractivity (Wildman–Crippen MR) is 73.2 cm³/mol. The maximum absolute atomic E-state index is 12.2. The third-order valence-corrected chi connectivity index (χ3v) is 6.48. The lowest BCUT2D eigenvalue weighted by Gasteiger charge is -2.23. The molecule has 1 aromatic carbocycles. The van der Waals surface area contributed by atoms with E-state index in [0.717, 1.165) is 0 Å². The molecule has 1 unspecified atom stereocenters. The van der Waals surface area contributed by atoms with E-state index >= 15 is 0 Å². The molecule has 0 saturated carbocycles. The molecule has 1 aliphatic heterocycles. The van der Waals surface area contributed by atoms with Crippen molar-refractivity contribution >= 4 is 19.9 Å². The van der Waals surface area contributed by atoms with Gasteiger partial charge in [0.25, 0.3) is 0 Å². The molecule has 0 radical (unpaired) electrons.